The molecule has 3 nitrogen and oxygen atoms in total. The van der Waals surface area contributed by atoms with Crippen LogP contribution in [0.15, 0.2) is 38.4 Å². The Morgan fingerprint density at radius 1 is 1.29 bits per heavy atom. The molecule has 1 aromatic carbocycles. The first-order chi connectivity index (χ1) is 6.81. The van der Waals surface area contributed by atoms with E-state index in [2.05, 4.69) is 26.1 Å². The Balaban J connectivity index is 2.44. The van der Waals surface area contributed by atoms with Gasteiger partial charge >= 0.3 is 0 Å². The quantitative estimate of drug-likeness (QED) is 0.786. The number of thioether (sulfide) groups is 1. The monoisotopic (exact) mass is 270 g/mol. The molecule has 0 aliphatic heterocycles. The molecular formula is C9H7BrN2OS. The van der Waals surface area contributed by atoms with E-state index < -0.39 is 0 Å². The highest BCUT2D eigenvalue weighted by molar-refractivity contribution is 9.10. The predicted octanol–water partition coefficient (Wildman–Crippen LogP) is 3.22. The first kappa shape index (κ1) is 9.73. The summed E-state index contributed by atoms with van der Waals surface area (Å²) in [7, 11) is 0. The van der Waals surface area contributed by atoms with Crippen molar-refractivity contribution in [3.8, 4) is 11.5 Å². The van der Waals surface area contributed by atoms with Crippen LogP contribution in [0, 0.1) is 0 Å². The molecule has 2 rings (SSSR count). The van der Waals surface area contributed by atoms with Gasteiger partial charge in [-0.15, -0.1) is 10.2 Å². The summed E-state index contributed by atoms with van der Waals surface area (Å²) in [5.41, 5.74) is 0.917. The third-order valence-electron chi connectivity index (χ3n) is 1.69. The van der Waals surface area contributed by atoms with Gasteiger partial charge in [-0.25, -0.2) is 0 Å². The van der Waals surface area contributed by atoms with Crippen molar-refractivity contribution < 1.29 is 4.42 Å². The molecule has 0 aliphatic rings. The minimum atomic E-state index is 0.543. The predicted molar refractivity (Wildman–Crippen MR) is 59.2 cm³/mol. The van der Waals surface area contributed by atoms with Gasteiger partial charge in [-0.1, -0.05) is 23.9 Å². The van der Waals surface area contributed by atoms with E-state index in [-0.39, 0.29) is 0 Å². The van der Waals surface area contributed by atoms with Gasteiger partial charge in [0.2, 0.25) is 5.89 Å². The van der Waals surface area contributed by atoms with Crippen LogP contribution in [0.3, 0.4) is 0 Å². The van der Waals surface area contributed by atoms with Gasteiger partial charge in [0.1, 0.15) is 0 Å². The zero-order chi connectivity index (χ0) is 9.97. The zero-order valence-electron chi connectivity index (χ0n) is 7.40. The Kier molecular flexibility index (Phi) is 2.88. The molecule has 72 valence electrons. The fourth-order valence-electron chi connectivity index (χ4n) is 1.04. The van der Waals surface area contributed by atoms with Gasteiger partial charge in [0.15, 0.2) is 0 Å². The topological polar surface area (TPSA) is 38.9 Å². The van der Waals surface area contributed by atoms with Crippen molar-refractivity contribution in [2.45, 2.75) is 5.22 Å². The van der Waals surface area contributed by atoms with E-state index in [1.807, 2.05) is 30.5 Å². The number of hydrogen-bond donors (Lipinski definition) is 0. The number of benzene rings is 1. The minimum Gasteiger partial charge on any atom is -0.411 e. The molecule has 0 radical (unpaired) electrons. The Bertz CT molecular complexity index is 444. The molecule has 0 aliphatic carbocycles. The molecule has 0 saturated carbocycles. The summed E-state index contributed by atoms with van der Waals surface area (Å²) in [6.07, 6.45) is 1.90. The fourth-order valence-corrected chi connectivity index (χ4v) is 1.77. The smallest absolute Gasteiger partial charge is 0.276 e. The van der Waals surface area contributed by atoms with E-state index in [4.69, 9.17) is 4.42 Å². The van der Waals surface area contributed by atoms with Gasteiger partial charge in [-0.2, -0.15) is 0 Å². The van der Waals surface area contributed by atoms with E-state index in [1.165, 1.54) is 11.8 Å². The Hall–Kier alpha value is -0.810. The second-order valence-electron chi connectivity index (χ2n) is 2.56. The lowest BCUT2D eigenvalue weighted by Crippen LogP contribution is -1.78. The molecule has 0 N–H and O–H groups in total. The van der Waals surface area contributed by atoms with E-state index in [0.717, 1.165) is 10.0 Å². The number of rotatable bonds is 2. The lowest BCUT2D eigenvalue weighted by Gasteiger charge is -1.96. The second-order valence-corrected chi connectivity index (χ2v) is 4.17. The summed E-state index contributed by atoms with van der Waals surface area (Å²) in [6, 6.07) is 7.75. The van der Waals surface area contributed by atoms with Crippen LogP contribution < -0.4 is 0 Å². The van der Waals surface area contributed by atoms with Crippen molar-refractivity contribution in [2.75, 3.05) is 6.26 Å². The maximum absolute atomic E-state index is 5.41. The van der Waals surface area contributed by atoms with Crippen LogP contribution in [0.5, 0.6) is 0 Å². The molecule has 0 unspecified atom stereocenters. The van der Waals surface area contributed by atoms with Crippen molar-refractivity contribution in [3.05, 3.63) is 28.7 Å². The summed E-state index contributed by atoms with van der Waals surface area (Å²) in [6.45, 7) is 0. The minimum absolute atomic E-state index is 0.543. The maximum atomic E-state index is 5.41. The molecular weight excluding hydrogens is 264 g/mol. The molecule has 2 aromatic rings. The van der Waals surface area contributed by atoms with Crippen molar-refractivity contribution in [1.82, 2.24) is 10.2 Å². The fraction of sp³-hybridized carbons (Fsp3) is 0.111. The van der Waals surface area contributed by atoms with Gasteiger partial charge in [0.25, 0.3) is 5.22 Å². The third-order valence-corrected chi connectivity index (χ3v) is 2.89. The Morgan fingerprint density at radius 2 is 2.07 bits per heavy atom. The molecule has 1 heterocycles. The maximum Gasteiger partial charge on any atom is 0.276 e. The highest BCUT2D eigenvalue weighted by atomic mass is 79.9. The first-order valence-electron chi connectivity index (χ1n) is 3.93. The molecule has 0 fully saturated rings. The lowest BCUT2D eigenvalue weighted by atomic mass is 10.2. The molecule has 0 saturated heterocycles. The van der Waals surface area contributed by atoms with Gasteiger partial charge in [-0.05, 0) is 34.3 Å². The highest BCUT2D eigenvalue weighted by Crippen LogP contribution is 2.28. The Labute approximate surface area is 94.0 Å². The van der Waals surface area contributed by atoms with Gasteiger partial charge in [0, 0.05) is 4.47 Å². The number of hydrogen-bond acceptors (Lipinski definition) is 4. The van der Waals surface area contributed by atoms with E-state index in [9.17, 15) is 0 Å². The van der Waals surface area contributed by atoms with Crippen LogP contribution in [-0.2, 0) is 0 Å². The molecule has 0 bridgehead atoms. The van der Waals surface area contributed by atoms with E-state index in [1.54, 1.807) is 0 Å². The van der Waals surface area contributed by atoms with Crippen LogP contribution in [0.2, 0.25) is 0 Å². The summed E-state index contributed by atoms with van der Waals surface area (Å²) >= 11 is 4.86. The van der Waals surface area contributed by atoms with Crippen molar-refractivity contribution >= 4 is 27.7 Å². The SMILES string of the molecule is CSc1nnc(-c2ccccc2Br)o1. The largest absolute Gasteiger partial charge is 0.411 e. The van der Waals surface area contributed by atoms with Crippen LogP contribution >= 0.6 is 27.7 Å². The van der Waals surface area contributed by atoms with Crippen LogP contribution in [-0.4, -0.2) is 16.5 Å². The van der Waals surface area contributed by atoms with Gasteiger partial charge in [-0.3, -0.25) is 0 Å². The average molecular weight is 271 g/mol. The average Bonchev–Trinajstić information content (AvgIpc) is 2.67. The van der Waals surface area contributed by atoms with Crippen LogP contribution in [0.1, 0.15) is 0 Å². The van der Waals surface area contributed by atoms with E-state index in [0.29, 0.717) is 11.1 Å². The number of halogens is 1. The second kappa shape index (κ2) is 4.14. The van der Waals surface area contributed by atoms with E-state index >= 15 is 0 Å². The lowest BCUT2D eigenvalue weighted by molar-refractivity contribution is 0.466. The molecule has 1 aromatic heterocycles. The van der Waals surface area contributed by atoms with Crippen molar-refractivity contribution in [3.63, 3.8) is 0 Å². The summed E-state index contributed by atoms with van der Waals surface area (Å²) in [5, 5.41) is 8.41. The normalized spacial score (nSPS) is 10.4. The number of nitrogens with zero attached hydrogens (tertiary/aromatic N) is 2. The highest BCUT2D eigenvalue weighted by Gasteiger charge is 2.09. The van der Waals surface area contributed by atoms with Crippen LogP contribution in [0.4, 0.5) is 0 Å². The van der Waals surface area contributed by atoms with Crippen molar-refractivity contribution in [2.24, 2.45) is 0 Å². The summed E-state index contributed by atoms with van der Waals surface area (Å²) in [5.74, 6) is 0.543. The third kappa shape index (κ3) is 1.83. The standard InChI is InChI=1S/C9H7BrN2OS/c1-14-9-12-11-8(13-9)6-4-2-3-5-7(6)10/h2-5H,1H3. The molecule has 0 spiro atoms. The Morgan fingerprint density at radius 3 is 2.71 bits per heavy atom. The number of aromatic nitrogens is 2. The van der Waals surface area contributed by atoms with Gasteiger partial charge in [0.05, 0.1) is 5.56 Å². The molecule has 0 atom stereocenters. The van der Waals surface area contributed by atoms with Gasteiger partial charge < -0.3 is 4.42 Å². The molecule has 14 heavy (non-hydrogen) atoms. The zero-order valence-corrected chi connectivity index (χ0v) is 9.80. The summed E-state index contributed by atoms with van der Waals surface area (Å²) in [4.78, 5) is 0. The molecule has 5 heteroatoms. The first-order valence-corrected chi connectivity index (χ1v) is 5.95. The summed E-state index contributed by atoms with van der Waals surface area (Å²) < 4.78 is 6.37. The van der Waals surface area contributed by atoms with Crippen LogP contribution in [0.25, 0.3) is 11.5 Å². The molecule has 0 amide bonds. The van der Waals surface area contributed by atoms with Crippen molar-refractivity contribution in [1.29, 1.82) is 0 Å².